The molecule has 0 aliphatic heterocycles. The standard InChI is InChI=1S/C31H36N2O4/c1-9-10-18-11-20(33(7)8)19-13-29(5)14-31-12-15(2)23(31)16(3)21(17(4)32)27(36)30(31,6)28(37)24(29)26(35)22(19)25(18)34/h11,15,23,34,37H,4,12-14,32H2,1-3,5-8H3/t15?,23-,29+,30+,31+/m1/s1. The first-order valence-corrected chi connectivity index (χ1v) is 12.9. The Morgan fingerprint density at radius 1 is 1.24 bits per heavy atom. The molecule has 1 spiro atoms. The molecule has 0 saturated heterocycles. The van der Waals surface area contributed by atoms with Crippen LogP contribution < -0.4 is 10.6 Å². The molecule has 194 valence electrons. The van der Waals surface area contributed by atoms with Crippen molar-refractivity contribution in [2.45, 2.75) is 53.9 Å². The van der Waals surface area contributed by atoms with Crippen LogP contribution in [0, 0.1) is 39.9 Å². The number of benzene rings is 1. The minimum atomic E-state index is -1.30. The van der Waals surface area contributed by atoms with E-state index < -0.39 is 22.0 Å². The number of fused-ring (bicyclic) bond motifs is 2. The highest BCUT2D eigenvalue weighted by Gasteiger charge is 2.74. The van der Waals surface area contributed by atoms with E-state index in [1.54, 1.807) is 13.8 Å². The summed E-state index contributed by atoms with van der Waals surface area (Å²) >= 11 is 0. The molecule has 0 heterocycles. The van der Waals surface area contributed by atoms with E-state index in [1.165, 1.54) is 0 Å². The third-order valence-corrected chi connectivity index (χ3v) is 9.88. The van der Waals surface area contributed by atoms with E-state index in [1.807, 2.05) is 38.9 Å². The van der Waals surface area contributed by atoms with Gasteiger partial charge in [0.1, 0.15) is 11.5 Å². The number of ketones is 2. The highest BCUT2D eigenvalue weighted by molar-refractivity contribution is 6.17. The summed E-state index contributed by atoms with van der Waals surface area (Å²) in [4.78, 5) is 30.3. The number of phenolic OH excluding ortho intramolecular Hbond substituents is 1. The lowest BCUT2D eigenvalue weighted by atomic mass is 9.33. The summed E-state index contributed by atoms with van der Waals surface area (Å²) in [6, 6.07) is 1.82. The predicted molar refractivity (Wildman–Crippen MR) is 144 cm³/mol. The van der Waals surface area contributed by atoms with Crippen molar-refractivity contribution in [1.82, 2.24) is 0 Å². The Morgan fingerprint density at radius 3 is 2.43 bits per heavy atom. The van der Waals surface area contributed by atoms with Crippen LogP contribution in [0.1, 0.15) is 68.9 Å². The number of phenols is 1. The Bertz CT molecular complexity index is 1450. The number of rotatable bonds is 2. The van der Waals surface area contributed by atoms with Crippen molar-refractivity contribution >= 4 is 17.3 Å². The summed E-state index contributed by atoms with van der Waals surface area (Å²) in [6.07, 6.45) is 1.81. The molecule has 0 radical (unpaired) electrons. The van der Waals surface area contributed by atoms with Crippen molar-refractivity contribution in [3.63, 3.8) is 0 Å². The van der Waals surface area contributed by atoms with Gasteiger partial charge in [0, 0.05) is 42.0 Å². The van der Waals surface area contributed by atoms with Crippen LogP contribution in [0.25, 0.3) is 0 Å². The molecule has 5 rings (SSSR count). The maximum atomic E-state index is 14.3. The van der Waals surface area contributed by atoms with Gasteiger partial charge in [-0.15, -0.1) is 5.92 Å². The second-order valence-electron chi connectivity index (χ2n) is 12.2. The molecule has 37 heavy (non-hydrogen) atoms. The molecule has 1 aromatic carbocycles. The fourth-order valence-corrected chi connectivity index (χ4v) is 8.59. The number of hydrogen-bond acceptors (Lipinski definition) is 6. The first kappa shape index (κ1) is 25.2. The summed E-state index contributed by atoms with van der Waals surface area (Å²) in [6.45, 7) is 13.5. The van der Waals surface area contributed by atoms with Gasteiger partial charge >= 0.3 is 0 Å². The van der Waals surface area contributed by atoms with Crippen LogP contribution in [0.4, 0.5) is 5.69 Å². The molecule has 1 saturated carbocycles. The Labute approximate surface area is 218 Å². The Balaban J connectivity index is 1.83. The van der Waals surface area contributed by atoms with Crippen LogP contribution in [0.15, 0.2) is 40.8 Å². The van der Waals surface area contributed by atoms with Crippen molar-refractivity contribution in [1.29, 1.82) is 0 Å². The van der Waals surface area contributed by atoms with E-state index in [0.29, 0.717) is 29.9 Å². The molecule has 5 atom stereocenters. The number of aromatic hydroxyl groups is 1. The Kier molecular flexibility index (Phi) is 5.13. The Hall–Kier alpha value is -3.46. The molecule has 0 amide bonds. The third-order valence-electron chi connectivity index (χ3n) is 9.88. The van der Waals surface area contributed by atoms with Crippen LogP contribution in [0.3, 0.4) is 0 Å². The molecule has 6 nitrogen and oxygen atoms in total. The van der Waals surface area contributed by atoms with Crippen LogP contribution in [-0.2, 0) is 11.2 Å². The van der Waals surface area contributed by atoms with E-state index in [-0.39, 0.29) is 40.0 Å². The van der Waals surface area contributed by atoms with Gasteiger partial charge in [0.15, 0.2) is 11.6 Å². The largest absolute Gasteiger partial charge is 0.511 e. The van der Waals surface area contributed by atoms with Gasteiger partial charge in [-0.2, -0.15) is 0 Å². The van der Waals surface area contributed by atoms with Crippen LogP contribution in [-0.4, -0.2) is 35.9 Å². The Morgan fingerprint density at radius 2 is 1.89 bits per heavy atom. The number of nitrogens with zero attached hydrogens (tertiary/aromatic N) is 1. The number of anilines is 1. The zero-order valence-electron chi connectivity index (χ0n) is 22.8. The molecule has 4 aliphatic rings. The molecule has 4 aliphatic carbocycles. The molecular formula is C31H36N2O4. The van der Waals surface area contributed by atoms with E-state index >= 15 is 0 Å². The van der Waals surface area contributed by atoms with Crippen molar-refractivity contribution in [2.24, 2.45) is 33.8 Å². The van der Waals surface area contributed by atoms with Gasteiger partial charge in [0.2, 0.25) is 0 Å². The number of nitrogens with two attached hydrogens (primary N) is 1. The second kappa shape index (κ2) is 7.54. The summed E-state index contributed by atoms with van der Waals surface area (Å²) < 4.78 is 0. The average Bonchev–Trinajstić information content (AvgIpc) is 2.77. The quantitative estimate of drug-likeness (QED) is 0.504. The summed E-state index contributed by atoms with van der Waals surface area (Å²) in [7, 11) is 3.81. The molecule has 0 aromatic heterocycles. The summed E-state index contributed by atoms with van der Waals surface area (Å²) in [5.74, 6) is 5.00. The molecule has 6 heteroatoms. The monoisotopic (exact) mass is 500 g/mol. The molecule has 1 unspecified atom stereocenters. The van der Waals surface area contributed by atoms with Crippen LogP contribution in [0.5, 0.6) is 5.75 Å². The van der Waals surface area contributed by atoms with E-state index in [2.05, 4.69) is 25.3 Å². The lowest BCUT2D eigenvalue weighted by Gasteiger charge is -2.69. The fraction of sp³-hybridized carbons (Fsp3) is 0.484. The smallest absolute Gasteiger partial charge is 0.197 e. The van der Waals surface area contributed by atoms with Gasteiger partial charge in [-0.05, 0) is 68.9 Å². The highest BCUT2D eigenvalue weighted by atomic mass is 16.3. The third kappa shape index (κ3) is 2.78. The number of aliphatic hydroxyl groups is 1. The van der Waals surface area contributed by atoms with E-state index in [4.69, 9.17) is 5.73 Å². The highest BCUT2D eigenvalue weighted by Crippen LogP contribution is 2.75. The molecule has 1 aromatic rings. The van der Waals surface area contributed by atoms with E-state index in [0.717, 1.165) is 23.2 Å². The lowest BCUT2D eigenvalue weighted by Crippen LogP contribution is -2.68. The van der Waals surface area contributed by atoms with Crippen molar-refractivity contribution in [3.05, 3.63) is 57.5 Å². The summed E-state index contributed by atoms with van der Waals surface area (Å²) in [5.41, 5.74) is 7.42. The number of carbonyl (C=O) groups is 2. The maximum Gasteiger partial charge on any atom is 0.197 e. The van der Waals surface area contributed by atoms with Gasteiger partial charge in [-0.1, -0.05) is 31.9 Å². The zero-order valence-corrected chi connectivity index (χ0v) is 22.8. The van der Waals surface area contributed by atoms with Crippen molar-refractivity contribution in [3.8, 4) is 17.6 Å². The molecular weight excluding hydrogens is 464 g/mol. The van der Waals surface area contributed by atoms with Gasteiger partial charge in [-0.25, -0.2) is 0 Å². The van der Waals surface area contributed by atoms with Gasteiger partial charge in [0.25, 0.3) is 0 Å². The summed E-state index contributed by atoms with van der Waals surface area (Å²) in [5, 5.41) is 23.2. The number of aliphatic hydroxyl groups excluding tert-OH is 1. The molecule has 4 N–H and O–H groups in total. The maximum absolute atomic E-state index is 14.3. The van der Waals surface area contributed by atoms with Gasteiger partial charge in [0.05, 0.1) is 16.5 Å². The van der Waals surface area contributed by atoms with Gasteiger partial charge in [-0.3, -0.25) is 9.59 Å². The number of Topliss-reactive ketones (excluding diaryl/α,β-unsaturated/α-hetero) is 2. The lowest BCUT2D eigenvalue weighted by molar-refractivity contribution is -0.171. The molecule has 0 bridgehead atoms. The van der Waals surface area contributed by atoms with Gasteiger partial charge < -0.3 is 20.8 Å². The topological polar surface area (TPSA) is 104 Å². The number of hydrogen-bond donors (Lipinski definition) is 3. The zero-order chi connectivity index (χ0) is 27.4. The van der Waals surface area contributed by atoms with Crippen LogP contribution in [0.2, 0.25) is 0 Å². The van der Waals surface area contributed by atoms with E-state index in [9.17, 15) is 19.8 Å². The van der Waals surface area contributed by atoms with Crippen molar-refractivity contribution in [2.75, 3.05) is 19.0 Å². The normalized spacial score (nSPS) is 33.9. The fourth-order valence-electron chi connectivity index (χ4n) is 8.59. The molecule has 1 fully saturated rings. The first-order chi connectivity index (χ1) is 17.2. The predicted octanol–water partition coefficient (Wildman–Crippen LogP) is 4.81. The minimum Gasteiger partial charge on any atom is -0.511 e. The SMILES string of the molecule is C=C(N)C1=C(C)[C@H]2C(C)C[C@]23C[C@]2(C)Cc4c(N(C)C)cc(C#CC)c(O)c4C(=O)C2=C(O)[C@]3(C)C1=O. The first-order valence-electron chi connectivity index (χ1n) is 12.9. The number of carbonyl (C=O) groups excluding carboxylic acids is 2. The second-order valence-corrected chi connectivity index (χ2v) is 12.2. The minimum absolute atomic E-state index is 0.0476. The van der Waals surface area contributed by atoms with Crippen LogP contribution >= 0.6 is 0 Å². The van der Waals surface area contributed by atoms with Crippen molar-refractivity contribution < 1.29 is 19.8 Å². The number of allylic oxidation sites excluding steroid dienone is 4. The average molecular weight is 501 g/mol.